The predicted molar refractivity (Wildman–Crippen MR) is 90.0 cm³/mol. The van der Waals surface area contributed by atoms with Crippen LogP contribution in [0.2, 0.25) is 0 Å². The largest absolute Gasteiger partial charge is 0.465 e. The van der Waals surface area contributed by atoms with Gasteiger partial charge in [-0.1, -0.05) is 30.3 Å². The lowest BCUT2D eigenvalue weighted by molar-refractivity contribution is 0.0595. The van der Waals surface area contributed by atoms with E-state index in [1.807, 2.05) is 30.3 Å². The molecule has 0 atom stereocenters. The number of ether oxygens (including phenoxy) is 2. The SMILES string of the molecule is COC(=O)c1cc2c(cc1F)N(C(=O)OCc1ccccc1)CCC2. The van der Waals surface area contributed by atoms with Gasteiger partial charge in [-0.2, -0.15) is 0 Å². The zero-order valence-corrected chi connectivity index (χ0v) is 13.8. The van der Waals surface area contributed by atoms with Crippen LogP contribution in [0.25, 0.3) is 0 Å². The summed E-state index contributed by atoms with van der Waals surface area (Å²) in [6.45, 7) is 0.589. The van der Waals surface area contributed by atoms with Crippen LogP contribution in [-0.2, 0) is 22.5 Å². The van der Waals surface area contributed by atoms with Crippen LogP contribution in [0.3, 0.4) is 0 Å². The molecule has 1 heterocycles. The Kier molecular flexibility index (Phi) is 4.97. The Bertz CT molecular complexity index is 792. The van der Waals surface area contributed by atoms with Crippen LogP contribution in [-0.4, -0.2) is 25.7 Å². The number of rotatable bonds is 3. The second-order valence-electron chi connectivity index (χ2n) is 5.75. The van der Waals surface area contributed by atoms with Crippen molar-refractivity contribution in [2.75, 3.05) is 18.6 Å². The Labute approximate surface area is 145 Å². The molecular weight excluding hydrogens is 325 g/mol. The molecule has 0 saturated carbocycles. The zero-order valence-electron chi connectivity index (χ0n) is 13.8. The van der Waals surface area contributed by atoms with Crippen molar-refractivity contribution in [3.05, 3.63) is 65.0 Å². The van der Waals surface area contributed by atoms with Gasteiger partial charge in [0.2, 0.25) is 0 Å². The number of methoxy groups -OCH3 is 1. The third-order valence-corrected chi connectivity index (χ3v) is 4.12. The molecule has 0 aromatic heterocycles. The number of hydrogen-bond donors (Lipinski definition) is 0. The van der Waals surface area contributed by atoms with E-state index in [1.165, 1.54) is 24.1 Å². The molecule has 0 spiro atoms. The number of esters is 1. The van der Waals surface area contributed by atoms with Gasteiger partial charge in [-0.25, -0.2) is 14.0 Å². The Balaban J connectivity index is 1.80. The van der Waals surface area contributed by atoms with Crippen molar-refractivity contribution in [1.82, 2.24) is 0 Å². The molecule has 2 aromatic rings. The highest BCUT2D eigenvalue weighted by Crippen LogP contribution is 2.30. The lowest BCUT2D eigenvalue weighted by Crippen LogP contribution is -2.36. The number of hydrogen-bond acceptors (Lipinski definition) is 4. The molecule has 3 rings (SSSR count). The minimum atomic E-state index is -0.732. The number of benzene rings is 2. The van der Waals surface area contributed by atoms with Crippen LogP contribution in [0.4, 0.5) is 14.9 Å². The first-order valence-electron chi connectivity index (χ1n) is 7.99. The van der Waals surface area contributed by atoms with E-state index in [-0.39, 0.29) is 12.2 Å². The third kappa shape index (κ3) is 3.63. The summed E-state index contributed by atoms with van der Waals surface area (Å²) < 4.78 is 24.1. The molecule has 2 aromatic carbocycles. The van der Waals surface area contributed by atoms with Gasteiger partial charge >= 0.3 is 12.1 Å². The summed E-state index contributed by atoms with van der Waals surface area (Å²) in [4.78, 5) is 25.4. The summed E-state index contributed by atoms with van der Waals surface area (Å²) in [7, 11) is 1.20. The van der Waals surface area contributed by atoms with Crippen molar-refractivity contribution in [1.29, 1.82) is 0 Å². The number of fused-ring (bicyclic) bond motifs is 1. The molecule has 5 nitrogen and oxygen atoms in total. The van der Waals surface area contributed by atoms with Gasteiger partial charge in [-0.15, -0.1) is 0 Å². The normalized spacial score (nSPS) is 13.1. The molecule has 130 valence electrons. The Morgan fingerprint density at radius 2 is 1.96 bits per heavy atom. The first-order valence-corrected chi connectivity index (χ1v) is 7.99. The molecule has 1 amide bonds. The van der Waals surface area contributed by atoms with Crippen LogP contribution in [0, 0.1) is 5.82 Å². The van der Waals surface area contributed by atoms with Gasteiger partial charge in [-0.05, 0) is 36.1 Å². The molecule has 0 fully saturated rings. The van der Waals surface area contributed by atoms with E-state index in [1.54, 1.807) is 0 Å². The van der Waals surface area contributed by atoms with Gasteiger partial charge in [0.25, 0.3) is 0 Å². The molecule has 0 saturated heterocycles. The predicted octanol–water partition coefficient (Wildman–Crippen LogP) is 3.70. The second kappa shape index (κ2) is 7.34. The summed E-state index contributed by atoms with van der Waals surface area (Å²) in [6.07, 6.45) is 0.830. The van der Waals surface area contributed by atoms with Crippen LogP contribution in [0.1, 0.15) is 27.9 Å². The average Bonchev–Trinajstić information content (AvgIpc) is 2.65. The number of aryl methyl sites for hydroxylation is 1. The fourth-order valence-corrected chi connectivity index (χ4v) is 2.86. The highest BCUT2D eigenvalue weighted by Gasteiger charge is 2.27. The summed E-state index contributed by atoms with van der Waals surface area (Å²) in [5.74, 6) is -1.45. The zero-order chi connectivity index (χ0) is 17.8. The van der Waals surface area contributed by atoms with Gasteiger partial charge in [0.05, 0.1) is 18.4 Å². The van der Waals surface area contributed by atoms with Crippen LogP contribution in [0.15, 0.2) is 42.5 Å². The molecule has 0 unspecified atom stereocenters. The van der Waals surface area contributed by atoms with Crippen molar-refractivity contribution in [2.24, 2.45) is 0 Å². The summed E-state index contributed by atoms with van der Waals surface area (Å²) in [5, 5.41) is 0. The third-order valence-electron chi connectivity index (χ3n) is 4.12. The lowest BCUT2D eigenvalue weighted by Gasteiger charge is -2.29. The molecular formula is C19H18FNO4. The van der Waals surface area contributed by atoms with E-state index in [0.717, 1.165) is 11.1 Å². The fraction of sp³-hybridized carbons (Fsp3) is 0.263. The quantitative estimate of drug-likeness (QED) is 0.798. The van der Waals surface area contributed by atoms with Gasteiger partial charge in [0.15, 0.2) is 0 Å². The Morgan fingerprint density at radius 1 is 1.20 bits per heavy atom. The van der Waals surface area contributed by atoms with Crippen molar-refractivity contribution in [3.8, 4) is 0 Å². The Hall–Kier alpha value is -2.89. The molecule has 6 heteroatoms. The maximum Gasteiger partial charge on any atom is 0.414 e. The van der Waals surface area contributed by atoms with E-state index in [4.69, 9.17) is 4.74 Å². The smallest absolute Gasteiger partial charge is 0.414 e. The number of carbonyl (C=O) groups is 2. The maximum absolute atomic E-state index is 14.2. The summed E-state index contributed by atoms with van der Waals surface area (Å²) >= 11 is 0. The fourth-order valence-electron chi connectivity index (χ4n) is 2.86. The topological polar surface area (TPSA) is 55.8 Å². The maximum atomic E-state index is 14.2. The average molecular weight is 343 g/mol. The van der Waals surface area contributed by atoms with Crippen molar-refractivity contribution >= 4 is 17.7 Å². The van der Waals surface area contributed by atoms with E-state index in [9.17, 15) is 14.0 Å². The van der Waals surface area contributed by atoms with Crippen LogP contribution < -0.4 is 4.90 Å². The summed E-state index contributed by atoms with van der Waals surface area (Å²) in [5.41, 5.74) is 1.92. The standard InChI is InChI=1S/C19H18FNO4/c1-24-18(22)15-10-14-8-5-9-21(17(14)11-16(15)20)19(23)25-12-13-6-3-2-4-7-13/h2-4,6-7,10-11H,5,8-9,12H2,1H3. The number of carbonyl (C=O) groups excluding carboxylic acids is 2. The van der Waals surface area contributed by atoms with Crippen molar-refractivity contribution in [3.63, 3.8) is 0 Å². The molecule has 0 bridgehead atoms. The minimum Gasteiger partial charge on any atom is -0.465 e. The van der Waals surface area contributed by atoms with Gasteiger partial charge in [0.1, 0.15) is 12.4 Å². The first-order chi connectivity index (χ1) is 12.1. The van der Waals surface area contributed by atoms with E-state index in [0.29, 0.717) is 25.1 Å². The van der Waals surface area contributed by atoms with E-state index in [2.05, 4.69) is 4.74 Å². The van der Waals surface area contributed by atoms with Crippen molar-refractivity contribution in [2.45, 2.75) is 19.4 Å². The van der Waals surface area contributed by atoms with Crippen LogP contribution >= 0.6 is 0 Å². The number of halogens is 1. The molecule has 25 heavy (non-hydrogen) atoms. The van der Waals surface area contributed by atoms with Crippen molar-refractivity contribution < 1.29 is 23.5 Å². The van der Waals surface area contributed by atoms with E-state index < -0.39 is 17.9 Å². The molecule has 0 radical (unpaired) electrons. The first kappa shape index (κ1) is 17.0. The Morgan fingerprint density at radius 3 is 2.68 bits per heavy atom. The van der Waals surface area contributed by atoms with Gasteiger partial charge in [-0.3, -0.25) is 4.90 Å². The second-order valence-corrected chi connectivity index (χ2v) is 5.75. The highest BCUT2D eigenvalue weighted by atomic mass is 19.1. The number of nitrogens with zero attached hydrogens (tertiary/aromatic N) is 1. The highest BCUT2D eigenvalue weighted by molar-refractivity contribution is 5.93. The lowest BCUT2D eigenvalue weighted by atomic mass is 9.99. The van der Waals surface area contributed by atoms with Crippen LogP contribution in [0.5, 0.6) is 0 Å². The molecule has 1 aliphatic heterocycles. The molecule has 1 aliphatic rings. The van der Waals surface area contributed by atoms with Gasteiger partial charge in [0, 0.05) is 6.54 Å². The van der Waals surface area contributed by atoms with E-state index >= 15 is 0 Å². The summed E-state index contributed by atoms with van der Waals surface area (Å²) in [6, 6.07) is 12.0. The number of anilines is 1. The minimum absolute atomic E-state index is 0.124. The number of amides is 1. The molecule has 0 N–H and O–H groups in total. The molecule has 0 aliphatic carbocycles. The van der Waals surface area contributed by atoms with Gasteiger partial charge < -0.3 is 9.47 Å². The monoisotopic (exact) mass is 343 g/mol.